The molecule has 0 radical (unpaired) electrons. The van der Waals surface area contributed by atoms with Crippen LogP contribution in [0.4, 0.5) is 5.69 Å². The molecule has 0 aliphatic heterocycles. The van der Waals surface area contributed by atoms with E-state index in [4.69, 9.17) is 23.2 Å². The van der Waals surface area contributed by atoms with Gasteiger partial charge in [-0.2, -0.15) is 0 Å². The van der Waals surface area contributed by atoms with Crippen molar-refractivity contribution in [2.24, 2.45) is 0 Å². The van der Waals surface area contributed by atoms with Crippen LogP contribution in [0.3, 0.4) is 0 Å². The molecule has 1 aromatic carbocycles. The molecule has 1 aliphatic rings. The largest absolute Gasteiger partial charge is 0.371 e. The Kier molecular flexibility index (Phi) is 5.84. The maximum atomic E-state index is 12.9. The minimum atomic E-state index is -0.0223. The zero-order chi connectivity index (χ0) is 18.3. The molecule has 4 rings (SSSR count). The molecule has 2 aromatic heterocycles. The summed E-state index contributed by atoms with van der Waals surface area (Å²) in [5, 5.41) is 4.29. The highest BCUT2D eigenvalue weighted by molar-refractivity contribution is 6.42. The molecule has 1 unspecified atom stereocenters. The molecule has 0 saturated heterocycles. The van der Waals surface area contributed by atoms with Gasteiger partial charge in [-0.1, -0.05) is 29.3 Å². The third kappa shape index (κ3) is 3.72. The molecule has 27 heavy (non-hydrogen) atoms. The van der Waals surface area contributed by atoms with Crippen molar-refractivity contribution in [1.29, 1.82) is 0 Å². The fourth-order valence-electron chi connectivity index (χ4n) is 3.48. The van der Waals surface area contributed by atoms with Crippen LogP contribution in [0.5, 0.6) is 0 Å². The fourth-order valence-corrected chi connectivity index (χ4v) is 3.77. The molecule has 0 bridgehead atoms. The third-order valence-electron chi connectivity index (χ3n) is 4.98. The van der Waals surface area contributed by atoms with Gasteiger partial charge in [-0.25, -0.2) is 9.67 Å². The number of hydrogen-bond acceptors (Lipinski definition) is 3. The molecule has 0 amide bonds. The molecule has 1 N–H and O–H groups in total. The molecule has 2 heterocycles. The van der Waals surface area contributed by atoms with Gasteiger partial charge in [-0.3, -0.25) is 9.89 Å². The molecule has 0 spiro atoms. The number of benzene rings is 1. The predicted molar refractivity (Wildman–Crippen MR) is 112 cm³/mol. The number of nitrogens with one attached hydrogen (secondary N) is 1. The van der Waals surface area contributed by atoms with Crippen LogP contribution in [0.25, 0.3) is 5.82 Å². The topological polar surface area (TPSA) is 53.9 Å². The molecule has 8 heteroatoms. The summed E-state index contributed by atoms with van der Waals surface area (Å²) in [4.78, 5) is 19.3. The fraction of sp³-hybridized carbons (Fsp3) is 0.263. The van der Waals surface area contributed by atoms with E-state index in [9.17, 15) is 4.79 Å². The second-order valence-corrected chi connectivity index (χ2v) is 7.32. The Labute approximate surface area is 173 Å². The SMILES string of the molecule is CN(c1ccc(Cl)c(Cl)c1)C1CCc2[nH]n(-c3ccccn3)c(=O)c2C1.Cl. The van der Waals surface area contributed by atoms with E-state index in [1.54, 1.807) is 12.3 Å². The van der Waals surface area contributed by atoms with Crippen molar-refractivity contribution in [2.75, 3.05) is 11.9 Å². The number of aromatic nitrogens is 3. The third-order valence-corrected chi connectivity index (χ3v) is 5.72. The number of rotatable bonds is 3. The second kappa shape index (κ2) is 7.97. The van der Waals surface area contributed by atoms with Crippen molar-refractivity contribution in [1.82, 2.24) is 14.8 Å². The van der Waals surface area contributed by atoms with Gasteiger partial charge in [0.2, 0.25) is 0 Å². The van der Waals surface area contributed by atoms with Crippen molar-refractivity contribution in [2.45, 2.75) is 25.3 Å². The Morgan fingerprint density at radius 1 is 1.22 bits per heavy atom. The van der Waals surface area contributed by atoms with Crippen LogP contribution in [-0.2, 0) is 12.8 Å². The number of halogens is 3. The lowest BCUT2D eigenvalue weighted by atomic mass is 9.92. The number of pyridine rings is 1. The Balaban J connectivity index is 0.00000210. The first-order valence-electron chi connectivity index (χ1n) is 8.46. The van der Waals surface area contributed by atoms with Crippen LogP contribution in [0.2, 0.25) is 10.0 Å². The maximum absolute atomic E-state index is 12.9. The molecule has 142 valence electrons. The van der Waals surface area contributed by atoms with Crippen LogP contribution in [0.15, 0.2) is 47.4 Å². The van der Waals surface area contributed by atoms with E-state index in [2.05, 4.69) is 15.0 Å². The van der Waals surface area contributed by atoms with Crippen LogP contribution < -0.4 is 10.5 Å². The normalized spacial score (nSPS) is 15.7. The van der Waals surface area contributed by atoms with Gasteiger partial charge in [0.15, 0.2) is 5.82 Å². The second-order valence-electron chi connectivity index (χ2n) is 6.50. The lowest BCUT2D eigenvalue weighted by molar-refractivity contribution is 0.542. The summed E-state index contributed by atoms with van der Waals surface area (Å²) < 4.78 is 1.53. The molecule has 1 aliphatic carbocycles. The van der Waals surface area contributed by atoms with Crippen molar-refractivity contribution in [3.8, 4) is 5.82 Å². The summed E-state index contributed by atoms with van der Waals surface area (Å²) in [6.07, 6.45) is 4.14. The highest BCUT2D eigenvalue weighted by Gasteiger charge is 2.27. The minimum absolute atomic E-state index is 0. The van der Waals surface area contributed by atoms with Gasteiger partial charge in [0.05, 0.1) is 10.0 Å². The van der Waals surface area contributed by atoms with Crippen LogP contribution in [-0.4, -0.2) is 27.9 Å². The quantitative estimate of drug-likeness (QED) is 0.681. The number of H-pyrrole nitrogens is 1. The van der Waals surface area contributed by atoms with Gasteiger partial charge in [0, 0.05) is 42.7 Å². The van der Waals surface area contributed by atoms with Gasteiger partial charge in [-0.15, -0.1) is 12.4 Å². The Hall–Kier alpha value is -1.95. The number of fused-ring (bicyclic) bond motifs is 1. The lowest BCUT2D eigenvalue weighted by Crippen LogP contribution is -2.37. The molecular weight excluding hydrogens is 407 g/mol. The number of aryl methyl sites for hydroxylation is 1. The van der Waals surface area contributed by atoms with Crippen LogP contribution in [0, 0.1) is 0 Å². The highest BCUT2D eigenvalue weighted by atomic mass is 35.5. The van der Waals surface area contributed by atoms with E-state index in [1.807, 2.05) is 37.4 Å². The molecule has 3 aromatic rings. The van der Waals surface area contributed by atoms with Gasteiger partial charge in [-0.05, 0) is 43.2 Å². The van der Waals surface area contributed by atoms with E-state index in [-0.39, 0.29) is 24.0 Å². The summed E-state index contributed by atoms with van der Waals surface area (Å²) in [6.45, 7) is 0. The Bertz CT molecular complexity index is 1000. The minimum Gasteiger partial charge on any atom is -0.371 e. The zero-order valence-corrected chi connectivity index (χ0v) is 17.0. The van der Waals surface area contributed by atoms with Crippen LogP contribution >= 0.6 is 35.6 Å². The summed E-state index contributed by atoms with van der Waals surface area (Å²) in [7, 11) is 2.03. The number of likely N-dealkylation sites (N-methyl/N-ethyl adjacent to an activating group) is 1. The average molecular weight is 426 g/mol. The number of anilines is 1. The summed E-state index contributed by atoms with van der Waals surface area (Å²) in [5.41, 5.74) is 2.80. The van der Waals surface area contributed by atoms with Gasteiger partial charge in [0.1, 0.15) is 0 Å². The Morgan fingerprint density at radius 2 is 2.04 bits per heavy atom. The zero-order valence-electron chi connectivity index (χ0n) is 14.7. The van der Waals surface area contributed by atoms with E-state index >= 15 is 0 Å². The van der Waals surface area contributed by atoms with E-state index < -0.39 is 0 Å². The Morgan fingerprint density at radius 3 is 2.74 bits per heavy atom. The summed E-state index contributed by atoms with van der Waals surface area (Å²) >= 11 is 12.2. The lowest BCUT2D eigenvalue weighted by Gasteiger charge is -2.32. The van der Waals surface area contributed by atoms with Crippen LogP contribution in [0.1, 0.15) is 17.7 Å². The predicted octanol–water partition coefficient (Wildman–Crippen LogP) is 4.28. The average Bonchev–Trinajstić information content (AvgIpc) is 3.00. The molecule has 1 atom stereocenters. The monoisotopic (exact) mass is 424 g/mol. The number of aromatic amines is 1. The van der Waals surface area contributed by atoms with Crippen molar-refractivity contribution >= 4 is 41.3 Å². The summed E-state index contributed by atoms with van der Waals surface area (Å²) in [5.74, 6) is 0.612. The van der Waals surface area contributed by atoms with Gasteiger partial charge >= 0.3 is 0 Å². The van der Waals surface area contributed by atoms with E-state index in [0.29, 0.717) is 22.3 Å². The van der Waals surface area contributed by atoms with E-state index in [0.717, 1.165) is 29.8 Å². The number of hydrogen-bond donors (Lipinski definition) is 1. The van der Waals surface area contributed by atoms with Crippen molar-refractivity contribution in [3.63, 3.8) is 0 Å². The smallest absolute Gasteiger partial charge is 0.276 e. The maximum Gasteiger partial charge on any atom is 0.276 e. The van der Waals surface area contributed by atoms with Crippen molar-refractivity contribution < 1.29 is 0 Å². The van der Waals surface area contributed by atoms with E-state index in [1.165, 1.54) is 4.68 Å². The molecule has 0 fully saturated rings. The molecular formula is C19H19Cl3N4O. The van der Waals surface area contributed by atoms with Crippen molar-refractivity contribution in [3.05, 3.63) is 74.3 Å². The number of nitrogens with zero attached hydrogens (tertiary/aromatic N) is 3. The highest BCUT2D eigenvalue weighted by Crippen LogP contribution is 2.30. The first kappa shape index (κ1) is 19.8. The molecule has 0 saturated carbocycles. The summed E-state index contributed by atoms with van der Waals surface area (Å²) in [6, 6.07) is 11.4. The first-order valence-corrected chi connectivity index (χ1v) is 9.22. The standard InChI is InChI=1S/C19H18Cl2N4O.ClH/c1-24(13-5-7-15(20)16(21)11-13)12-6-8-17-14(10-12)19(26)25(23-17)18-4-2-3-9-22-18;/h2-5,7,9,11-12,23H,6,8,10H2,1H3;1H. The first-order chi connectivity index (χ1) is 12.5. The molecule has 5 nitrogen and oxygen atoms in total. The van der Waals surface area contributed by atoms with Gasteiger partial charge < -0.3 is 4.90 Å². The van der Waals surface area contributed by atoms with Gasteiger partial charge in [0.25, 0.3) is 5.56 Å².